The molecule has 9 heteroatoms. The Morgan fingerprint density at radius 2 is 1.97 bits per heavy atom. The van der Waals surface area contributed by atoms with Crippen LogP contribution < -0.4 is 9.64 Å². The minimum Gasteiger partial charge on any atom is -0.491 e. The van der Waals surface area contributed by atoms with Crippen LogP contribution in [-0.4, -0.2) is 51.4 Å². The van der Waals surface area contributed by atoms with Gasteiger partial charge in [0.1, 0.15) is 12.4 Å². The van der Waals surface area contributed by atoms with Gasteiger partial charge in [0.25, 0.3) is 5.91 Å². The molecule has 1 fully saturated rings. The highest BCUT2D eigenvalue weighted by molar-refractivity contribution is 7.90. The topological polar surface area (TPSA) is 85.8 Å². The third-order valence-corrected chi connectivity index (χ3v) is 7.41. The van der Waals surface area contributed by atoms with Gasteiger partial charge in [-0.05, 0) is 49.2 Å². The van der Waals surface area contributed by atoms with Crippen molar-refractivity contribution >= 4 is 32.2 Å². The molecule has 0 spiro atoms. The first-order valence-corrected chi connectivity index (χ1v) is 13.7. The van der Waals surface area contributed by atoms with Gasteiger partial charge in [-0.1, -0.05) is 18.2 Å². The second-order valence-electron chi connectivity index (χ2n) is 7.99. The quantitative estimate of drug-likeness (QED) is 0.401. The van der Waals surface area contributed by atoms with Gasteiger partial charge in [-0.15, -0.1) is 17.9 Å². The molecular weight excluding hydrogens is 472 g/mol. The van der Waals surface area contributed by atoms with Crippen molar-refractivity contribution in [1.82, 2.24) is 4.98 Å². The molecule has 1 aliphatic heterocycles. The van der Waals surface area contributed by atoms with Gasteiger partial charge >= 0.3 is 0 Å². The van der Waals surface area contributed by atoms with E-state index in [4.69, 9.17) is 9.47 Å². The Hall–Kier alpha value is -3.01. The number of nitrogens with zero attached hydrogens (tertiary/aromatic N) is 2. The standard InChI is InChI=1S/C25H26N2O5S2/c1-3-14-27(24(28)19-6-10-20(11-7-19)32-16-21-5-4-15-31-21)25-26-23(17-33-25)18-8-12-22(13-9-18)34(2,29)30/h3,6-13,17,21H,1,4-5,14-16H2,2H3/t21-/m0/s1. The molecule has 3 aromatic rings. The van der Waals surface area contributed by atoms with Gasteiger partial charge in [-0.25, -0.2) is 13.4 Å². The number of sulfone groups is 1. The maximum Gasteiger partial charge on any atom is 0.260 e. The Kier molecular flexibility index (Phi) is 7.45. The second kappa shape index (κ2) is 10.5. The molecule has 1 atom stereocenters. The highest BCUT2D eigenvalue weighted by Crippen LogP contribution is 2.29. The molecule has 1 amide bonds. The fourth-order valence-electron chi connectivity index (χ4n) is 3.59. The van der Waals surface area contributed by atoms with Crippen molar-refractivity contribution in [3.63, 3.8) is 0 Å². The number of hydrogen-bond acceptors (Lipinski definition) is 7. The average molecular weight is 499 g/mol. The van der Waals surface area contributed by atoms with E-state index in [1.807, 2.05) is 5.38 Å². The first-order chi connectivity index (χ1) is 16.3. The van der Waals surface area contributed by atoms with E-state index in [1.54, 1.807) is 59.5 Å². The molecule has 2 aromatic carbocycles. The molecule has 4 rings (SSSR count). The van der Waals surface area contributed by atoms with E-state index >= 15 is 0 Å². The largest absolute Gasteiger partial charge is 0.491 e. The summed E-state index contributed by atoms with van der Waals surface area (Å²) in [6, 6.07) is 13.6. The normalized spacial score (nSPS) is 15.7. The Balaban J connectivity index is 1.48. The van der Waals surface area contributed by atoms with Crippen LogP contribution in [0.25, 0.3) is 11.3 Å². The van der Waals surface area contributed by atoms with Crippen LogP contribution in [0.1, 0.15) is 23.2 Å². The molecule has 0 bridgehead atoms. The van der Waals surface area contributed by atoms with Crippen LogP contribution in [0, 0.1) is 0 Å². The van der Waals surface area contributed by atoms with Crippen molar-refractivity contribution in [2.75, 3.05) is 30.9 Å². The van der Waals surface area contributed by atoms with E-state index in [-0.39, 0.29) is 16.9 Å². The number of aromatic nitrogens is 1. The highest BCUT2D eigenvalue weighted by atomic mass is 32.2. The van der Waals surface area contributed by atoms with Crippen molar-refractivity contribution in [3.05, 3.63) is 72.1 Å². The zero-order chi connectivity index (χ0) is 24.1. The van der Waals surface area contributed by atoms with E-state index < -0.39 is 9.84 Å². The molecular formula is C25H26N2O5S2. The lowest BCUT2D eigenvalue weighted by atomic mass is 10.2. The van der Waals surface area contributed by atoms with E-state index in [1.165, 1.54) is 17.6 Å². The lowest BCUT2D eigenvalue weighted by Gasteiger charge is -2.18. The summed E-state index contributed by atoms with van der Waals surface area (Å²) in [7, 11) is -3.27. The summed E-state index contributed by atoms with van der Waals surface area (Å²) in [6.45, 7) is 5.36. The van der Waals surface area contributed by atoms with Gasteiger partial charge in [0.15, 0.2) is 15.0 Å². The molecule has 1 aliphatic rings. The van der Waals surface area contributed by atoms with Crippen LogP contribution in [0.3, 0.4) is 0 Å². The van der Waals surface area contributed by atoms with E-state index in [0.717, 1.165) is 25.0 Å². The molecule has 0 saturated carbocycles. The van der Waals surface area contributed by atoms with Gasteiger partial charge < -0.3 is 9.47 Å². The molecule has 0 unspecified atom stereocenters. The second-order valence-corrected chi connectivity index (χ2v) is 10.8. The van der Waals surface area contributed by atoms with Crippen LogP contribution in [0.4, 0.5) is 5.13 Å². The highest BCUT2D eigenvalue weighted by Gasteiger charge is 2.21. The lowest BCUT2D eigenvalue weighted by Crippen LogP contribution is -2.30. The summed E-state index contributed by atoms with van der Waals surface area (Å²) >= 11 is 1.34. The van der Waals surface area contributed by atoms with Crippen molar-refractivity contribution in [3.8, 4) is 17.0 Å². The van der Waals surface area contributed by atoms with E-state index in [2.05, 4.69) is 11.6 Å². The van der Waals surface area contributed by atoms with E-state index in [9.17, 15) is 13.2 Å². The smallest absolute Gasteiger partial charge is 0.260 e. The minimum absolute atomic E-state index is 0.131. The molecule has 1 aromatic heterocycles. The zero-order valence-corrected chi connectivity index (χ0v) is 20.5. The fourth-order valence-corrected chi connectivity index (χ4v) is 5.06. The summed E-state index contributed by atoms with van der Waals surface area (Å²) in [5.74, 6) is 0.496. The number of thiazole rings is 1. The molecule has 34 heavy (non-hydrogen) atoms. The average Bonchev–Trinajstić information content (AvgIpc) is 3.53. The summed E-state index contributed by atoms with van der Waals surface area (Å²) in [6.07, 6.45) is 5.02. The molecule has 0 radical (unpaired) electrons. The maximum absolute atomic E-state index is 13.2. The number of hydrogen-bond donors (Lipinski definition) is 0. The molecule has 178 valence electrons. The van der Waals surface area contributed by atoms with Crippen molar-refractivity contribution in [1.29, 1.82) is 0 Å². The summed E-state index contributed by atoms with van der Waals surface area (Å²) in [4.78, 5) is 19.7. The van der Waals surface area contributed by atoms with Crippen LogP contribution in [-0.2, 0) is 14.6 Å². The molecule has 2 heterocycles. The fraction of sp³-hybridized carbons (Fsp3) is 0.280. The van der Waals surface area contributed by atoms with Crippen LogP contribution >= 0.6 is 11.3 Å². The predicted octanol–water partition coefficient (Wildman–Crippen LogP) is 4.60. The van der Waals surface area contributed by atoms with Crippen molar-refractivity contribution in [2.24, 2.45) is 0 Å². The van der Waals surface area contributed by atoms with Crippen molar-refractivity contribution < 1.29 is 22.7 Å². The molecule has 0 N–H and O–H groups in total. The Morgan fingerprint density at radius 1 is 1.24 bits per heavy atom. The van der Waals surface area contributed by atoms with Gasteiger partial charge in [0, 0.05) is 35.9 Å². The minimum atomic E-state index is -3.27. The Labute approximate surface area is 203 Å². The number of carbonyl (C=O) groups is 1. The van der Waals surface area contributed by atoms with Crippen molar-refractivity contribution in [2.45, 2.75) is 23.8 Å². The number of carbonyl (C=O) groups excluding carboxylic acids is 1. The van der Waals surface area contributed by atoms with Gasteiger partial charge in [0.2, 0.25) is 0 Å². The zero-order valence-electron chi connectivity index (χ0n) is 18.8. The Bertz CT molecular complexity index is 1250. The predicted molar refractivity (Wildman–Crippen MR) is 133 cm³/mol. The molecule has 7 nitrogen and oxygen atoms in total. The molecule has 1 saturated heterocycles. The van der Waals surface area contributed by atoms with Gasteiger partial charge in [0.05, 0.1) is 16.7 Å². The third-order valence-electron chi connectivity index (χ3n) is 5.42. The summed E-state index contributed by atoms with van der Waals surface area (Å²) < 4.78 is 34.7. The first kappa shape index (κ1) is 24.1. The summed E-state index contributed by atoms with van der Waals surface area (Å²) in [5, 5.41) is 2.38. The van der Waals surface area contributed by atoms with Crippen LogP contribution in [0.5, 0.6) is 5.75 Å². The number of rotatable bonds is 9. The Morgan fingerprint density at radius 3 is 2.59 bits per heavy atom. The third kappa shape index (κ3) is 5.72. The maximum atomic E-state index is 13.2. The lowest BCUT2D eigenvalue weighted by molar-refractivity contribution is 0.0679. The molecule has 0 aliphatic carbocycles. The monoisotopic (exact) mass is 498 g/mol. The number of benzene rings is 2. The van der Waals surface area contributed by atoms with E-state index in [0.29, 0.717) is 35.3 Å². The van der Waals surface area contributed by atoms with Gasteiger partial charge in [-0.3, -0.25) is 9.69 Å². The number of anilines is 1. The number of ether oxygens (including phenoxy) is 2. The number of amides is 1. The van der Waals surface area contributed by atoms with Gasteiger partial charge in [-0.2, -0.15) is 0 Å². The van der Waals surface area contributed by atoms with Crippen LogP contribution in [0.15, 0.2) is 71.5 Å². The summed E-state index contributed by atoms with van der Waals surface area (Å²) in [5.41, 5.74) is 1.95. The van der Waals surface area contributed by atoms with Crippen LogP contribution in [0.2, 0.25) is 0 Å². The SMILES string of the molecule is C=CCN(C(=O)c1ccc(OC[C@@H]2CCCO2)cc1)c1nc(-c2ccc(S(C)(=O)=O)cc2)cs1. The first-order valence-electron chi connectivity index (χ1n) is 10.9.